The number of sulfonamides is 1. The van der Waals surface area contributed by atoms with Crippen molar-refractivity contribution in [3.63, 3.8) is 0 Å². The van der Waals surface area contributed by atoms with Gasteiger partial charge in [0.05, 0.1) is 11.9 Å². The maximum atomic E-state index is 13.6. The lowest BCUT2D eigenvalue weighted by molar-refractivity contribution is -0.140. The topological polar surface area (TPSA) is 86.8 Å². The highest BCUT2D eigenvalue weighted by molar-refractivity contribution is 7.92. The van der Waals surface area contributed by atoms with E-state index in [1.165, 1.54) is 4.90 Å². The summed E-state index contributed by atoms with van der Waals surface area (Å²) in [5.41, 5.74) is 1.90. The van der Waals surface area contributed by atoms with Gasteiger partial charge < -0.3 is 10.2 Å². The number of carbonyl (C=O) groups excluding carboxylic acids is 2. The van der Waals surface area contributed by atoms with Gasteiger partial charge in [0.25, 0.3) is 0 Å². The average molecular weight is 543 g/mol. The van der Waals surface area contributed by atoms with Crippen LogP contribution in [0.15, 0.2) is 42.5 Å². The predicted octanol–water partition coefficient (Wildman–Crippen LogP) is 4.83. The van der Waals surface area contributed by atoms with Gasteiger partial charge in [-0.1, -0.05) is 62.2 Å². The summed E-state index contributed by atoms with van der Waals surface area (Å²) in [7, 11) is -3.80. The number of benzene rings is 2. The zero-order chi connectivity index (χ0) is 26.3. The molecular formula is C25H33Cl2N3O4S. The Balaban J connectivity index is 2.48. The zero-order valence-electron chi connectivity index (χ0n) is 20.7. The lowest BCUT2D eigenvalue weighted by Crippen LogP contribution is -2.52. The van der Waals surface area contributed by atoms with Crippen LogP contribution in [-0.2, 0) is 26.2 Å². The number of hydrogen-bond acceptors (Lipinski definition) is 4. The van der Waals surface area contributed by atoms with Crippen LogP contribution in [0.1, 0.15) is 51.2 Å². The number of rotatable bonds is 11. The van der Waals surface area contributed by atoms with Crippen molar-refractivity contribution < 1.29 is 18.0 Å². The second-order valence-corrected chi connectivity index (χ2v) is 11.3. The Morgan fingerprint density at radius 2 is 1.57 bits per heavy atom. The van der Waals surface area contributed by atoms with Crippen LogP contribution in [0.3, 0.4) is 0 Å². The minimum Gasteiger partial charge on any atom is -0.355 e. The highest BCUT2D eigenvalue weighted by Crippen LogP contribution is 2.28. The second kappa shape index (κ2) is 12.6. The van der Waals surface area contributed by atoms with E-state index in [1.807, 2.05) is 26.0 Å². The third-order valence-electron chi connectivity index (χ3n) is 5.65. The third kappa shape index (κ3) is 7.59. The molecule has 35 heavy (non-hydrogen) atoms. The number of nitrogens with zero attached hydrogens (tertiary/aromatic N) is 2. The van der Waals surface area contributed by atoms with Crippen molar-refractivity contribution in [2.45, 2.75) is 52.6 Å². The molecule has 0 radical (unpaired) electrons. The molecule has 0 aliphatic rings. The summed E-state index contributed by atoms with van der Waals surface area (Å²) in [6, 6.07) is 11.2. The molecule has 2 aromatic carbocycles. The Morgan fingerprint density at radius 1 is 1.00 bits per heavy atom. The fraction of sp³-hybridized carbons (Fsp3) is 0.440. The van der Waals surface area contributed by atoms with E-state index < -0.39 is 28.5 Å². The standard InChI is InChI=1S/C25H33Cl2N3O4S/c1-6-23(25(32)28-7-2)29(15-20-21(26)9-8-10-22(20)27)24(31)16-30(35(5,33)34)19-13-11-18(12-14-19)17(3)4/h8-14,17,23H,6-7,15-16H2,1-5H3,(H,28,32)/t23-/m0/s1. The lowest BCUT2D eigenvalue weighted by Gasteiger charge is -2.33. The molecular weight excluding hydrogens is 509 g/mol. The van der Waals surface area contributed by atoms with E-state index in [2.05, 4.69) is 5.32 Å². The van der Waals surface area contributed by atoms with Crippen molar-refractivity contribution in [3.8, 4) is 0 Å². The molecule has 0 saturated carbocycles. The Hall–Kier alpha value is -2.29. The van der Waals surface area contributed by atoms with Crippen molar-refractivity contribution >= 4 is 50.7 Å². The molecule has 0 unspecified atom stereocenters. The first-order chi connectivity index (χ1) is 16.4. The lowest BCUT2D eigenvalue weighted by atomic mass is 10.0. The van der Waals surface area contributed by atoms with E-state index in [-0.39, 0.29) is 18.4 Å². The molecule has 2 amide bonds. The molecule has 2 aromatic rings. The first-order valence-corrected chi connectivity index (χ1v) is 14.1. The van der Waals surface area contributed by atoms with Crippen LogP contribution < -0.4 is 9.62 Å². The summed E-state index contributed by atoms with van der Waals surface area (Å²) in [5, 5.41) is 3.45. The highest BCUT2D eigenvalue weighted by atomic mass is 35.5. The van der Waals surface area contributed by atoms with Crippen LogP contribution >= 0.6 is 23.2 Å². The van der Waals surface area contributed by atoms with E-state index in [1.54, 1.807) is 44.2 Å². The van der Waals surface area contributed by atoms with E-state index in [9.17, 15) is 18.0 Å². The number of amides is 2. The quantitative estimate of drug-likeness (QED) is 0.441. The number of likely N-dealkylation sites (N-methyl/N-ethyl adjacent to an activating group) is 1. The largest absolute Gasteiger partial charge is 0.355 e. The summed E-state index contributed by atoms with van der Waals surface area (Å²) in [6.07, 6.45) is 1.37. The monoisotopic (exact) mass is 541 g/mol. The molecule has 0 spiro atoms. The van der Waals surface area contributed by atoms with Crippen LogP contribution in [0.5, 0.6) is 0 Å². The number of carbonyl (C=O) groups is 2. The van der Waals surface area contributed by atoms with E-state index in [4.69, 9.17) is 23.2 Å². The number of halogens is 2. The van der Waals surface area contributed by atoms with Crippen LogP contribution in [0, 0.1) is 0 Å². The normalized spacial score (nSPS) is 12.3. The van der Waals surface area contributed by atoms with Crippen LogP contribution in [0.2, 0.25) is 10.0 Å². The van der Waals surface area contributed by atoms with Crippen LogP contribution in [0.25, 0.3) is 0 Å². The van der Waals surface area contributed by atoms with Crippen molar-refractivity contribution in [2.75, 3.05) is 23.7 Å². The van der Waals surface area contributed by atoms with Gasteiger partial charge >= 0.3 is 0 Å². The van der Waals surface area contributed by atoms with E-state index >= 15 is 0 Å². The van der Waals surface area contributed by atoms with Gasteiger partial charge in [-0.05, 0) is 49.1 Å². The summed E-state index contributed by atoms with van der Waals surface area (Å²) in [6.45, 7) is 7.52. The molecule has 0 bridgehead atoms. The van der Waals surface area contributed by atoms with Gasteiger partial charge in [0.2, 0.25) is 21.8 Å². The summed E-state index contributed by atoms with van der Waals surface area (Å²) >= 11 is 12.7. The molecule has 0 saturated heterocycles. The fourth-order valence-corrected chi connectivity index (χ4v) is 5.07. The second-order valence-electron chi connectivity index (χ2n) is 8.56. The molecule has 1 N–H and O–H groups in total. The molecule has 10 heteroatoms. The van der Waals surface area contributed by atoms with Crippen molar-refractivity contribution in [1.82, 2.24) is 10.2 Å². The van der Waals surface area contributed by atoms with Gasteiger partial charge in [0, 0.05) is 28.7 Å². The molecule has 1 atom stereocenters. The summed E-state index contributed by atoms with van der Waals surface area (Å²) in [4.78, 5) is 27.8. The van der Waals surface area contributed by atoms with Gasteiger partial charge in [-0.15, -0.1) is 0 Å². The molecule has 192 valence electrons. The Morgan fingerprint density at radius 3 is 2.03 bits per heavy atom. The number of anilines is 1. The third-order valence-corrected chi connectivity index (χ3v) is 7.50. The maximum absolute atomic E-state index is 13.6. The van der Waals surface area contributed by atoms with Crippen molar-refractivity contribution in [2.24, 2.45) is 0 Å². The van der Waals surface area contributed by atoms with E-state index in [0.717, 1.165) is 16.1 Å². The smallest absolute Gasteiger partial charge is 0.244 e. The maximum Gasteiger partial charge on any atom is 0.244 e. The minimum atomic E-state index is -3.80. The van der Waals surface area contributed by atoms with Crippen LogP contribution in [-0.4, -0.2) is 50.5 Å². The van der Waals surface area contributed by atoms with E-state index in [0.29, 0.717) is 34.3 Å². The first kappa shape index (κ1) is 28.9. The molecule has 2 rings (SSSR count). The van der Waals surface area contributed by atoms with Gasteiger partial charge in [-0.2, -0.15) is 0 Å². The molecule has 0 fully saturated rings. The first-order valence-electron chi connectivity index (χ1n) is 11.5. The van der Waals surface area contributed by atoms with Gasteiger partial charge in [-0.25, -0.2) is 8.42 Å². The molecule has 0 aliphatic carbocycles. The molecule has 0 aromatic heterocycles. The SMILES string of the molecule is CCNC(=O)[C@H](CC)N(Cc1c(Cl)cccc1Cl)C(=O)CN(c1ccc(C(C)C)cc1)S(C)(=O)=O. The van der Waals surface area contributed by atoms with Crippen LogP contribution in [0.4, 0.5) is 5.69 Å². The Labute approximate surface area is 218 Å². The van der Waals surface area contributed by atoms with Crippen molar-refractivity contribution in [1.29, 1.82) is 0 Å². The Kier molecular flexibility index (Phi) is 10.4. The molecule has 0 heterocycles. The molecule has 0 aliphatic heterocycles. The highest BCUT2D eigenvalue weighted by Gasteiger charge is 2.32. The predicted molar refractivity (Wildman–Crippen MR) is 142 cm³/mol. The summed E-state index contributed by atoms with van der Waals surface area (Å²) in [5.74, 6) is -0.605. The fourth-order valence-electron chi connectivity index (χ4n) is 3.70. The number of hydrogen-bond donors (Lipinski definition) is 1. The molecule has 7 nitrogen and oxygen atoms in total. The summed E-state index contributed by atoms with van der Waals surface area (Å²) < 4.78 is 26.4. The zero-order valence-corrected chi connectivity index (χ0v) is 23.0. The van der Waals surface area contributed by atoms with Gasteiger partial charge in [0.1, 0.15) is 12.6 Å². The minimum absolute atomic E-state index is 0.0448. The average Bonchev–Trinajstić information content (AvgIpc) is 2.78. The number of nitrogens with one attached hydrogen (secondary N) is 1. The van der Waals surface area contributed by atoms with Crippen molar-refractivity contribution in [3.05, 3.63) is 63.6 Å². The Bertz CT molecular complexity index is 1120. The van der Waals surface area contributed by atoms with Gasteiger partial charge in [0.15, 0.2) is 0 Å². The van der Waals surface area contributed by atoms with Gasteiger partial charge in [-0.3, -0.25) is 13.9 Å².